The van der Waals surface area contributed by atoms with Crippen LogP contribution in [0.1, 0.15) is 76.9 Å². The molecule has 108 valence electrons. The zero-order valence-electron chi connectivity index (χ0n) is 12.7. The summed E-state index contributed by atoms with van der Waals surface area (Å²) in [6.45, 7) is 7.83. The third-order valence-electron chi connectivity index (χ3n) is 4.59. The molecule has 19 heavy (non-hydrogen) atoms. The third kappa shape index (κ3) is 3.82. The quantitative estimate of drug-likeness (QED) is 0.838. The van der Waals surface area contributed by atoms with Crippen LogP contribution >= 0.6 is 0 Å². The van der Waals surface area contributed by atoms with E-state index in [1.807, 2.05) is 6.20 Å². The molecule has 0 radical (unpaired) electrons. The van der Waals surface area contributed by atoms with Crippen molar-refractivity contribution in [3.8, 4) is 0 Å². The van der Waals surface area contributed by atoms with Crippen molar-refractivity contribution in [1.82, 2.24) is 15.1 Å². The van der Waals surface area contributed by atoms with Crippen molar-refractivity contribution < 1.29 is 0 Å². The fraction of sp³-hybridized carbons (Fsp3) is 0.812. The standard InChI is InChI=1S/C16H29N3/c1-4-10-17-13(3)15-11-18-19(12-15)16-8-6-14(5-2)7-9-16/h11-14,16-17H,4-10H2,1-3H3. The Morgan fingerprint density at radius 2 is 2.05 bits per heavy atom. The van der Waals surface area contributed by atoms with Crippen LogP contribution in [0.4, 0.5) is 0 Å². The van der Waals surface area contributed by atoms with E-state index in [1.165, 1.54) is 44.1 Å². The second kappa shape index (κ2) is 7.09. The Labute approximate surface area is 117 Å². The fourth-order valence-corrected chi connectivity index (χ4v) is 3.07. The van der Waals surface area contributed by atoms with E-state index in [4.69, 9.17) is 0 Å². The number of aromatic nitrogens is 2. The lowest BCUT2D eigenvalue weighted by molar-refractivity contribution is 0.256. The minimum atomic E-state index is 0.417. The molecule has 2 rings (SSSR count). The van der Waals surface area contributed by atoms with Crippen LogP contribution < -0.4 is 5.32 Å². The summed E-state index contributed by atoms with van der Waals surface area (Å²) in [4.78, 5) is 0. The first kappa shape index (κ1) is 14.6. The lowest BCUT2D eigenvalue weighted by Crippen LogP contribution is -2.19. The van der Waals surface area contributed by atoms with Gasteiger partial charge in [0.1, 0.15) is 0 Å². The van der Waals surface area contributed by atoms with Gasteiger partial charge in [-0.25, -0.2) is 0 Å². The van der Waals surface area contributed by atoms with Crippen LogP contribution in [0.5, 0.6) is 0 Å². The zero-order chi connectivity index (χ0) is 13.7. The van der Waals surface area contributed by atoms with Crippen molar-refractivity contribution in [3.05, 3.63) is 18.0 Å². The normalized spacial score (nSPS) is 25.4. The van der Waals surface area contributed by atoms with Gasteiger partial charge in [0.05, 0.1) is 12.2 Å². The van der Waals surface area contributed by atoms with Gasteiger partial charge in [0, 0.05) is 17.8 Å². The Morgan fingerprint density at radius 1 is 1.32 bits per heavy atom. The first-order valence-electron chi connectivity index (χ1n) is 8.02. The topological polar surface area (TPSA) is 29.9 Å². The molecule has 3 heteroatoms. The minimum absolute atomic E-state index is 0.417. The molecule has 0 bridgehead atoms. The molecule has 0 aromatic carbocycles. The highest BCUT2D eigenvalue weighted by Gasteiger charge is 2.22. The Balaban J connectivity index is 1.90. The molecule has 0 spiro atoms. The van der Waals surface area contributed by atoms with Crippen LogP contribution in [0.3, 0.4) is 0 Å². The maximum Gasteiger partial charge on any atom is 0.0537 e. The highest BCUT2D eigenvalue weighted by atomic mass is 15.3. The van der Waals surface area contributed by atoms with E-state index in [1.54, 1.807) is 0 Å². The molecular formula is C16H29N3. The van der Waals surface area contributed by atoms with E-state index in [0.29, 0.717) is 12.1 Å². The van der Waals surface area contributed by atoms with E-state index in [0.717, 1.165) is 12.5 Å². The van der Waals surface area contributed by atoms with E-state index < -0.39 is 0 Å². The van der Waals surface area contributed by atoms with Crippen molar-refractivity contribution >= 4 is 0 Å². The molecule has 0 aliphatic heterocycles. The van der Waals surface area contributed by atoms with Crippen molar-refractivity contribution in [1.29, 1.82) is 0 Å². The summed E-state index contributed by atoms with van der Waals surface area (Å²) >= 11 is 0. The molecule has 3 nitrogen and oxygen atoms in total. The molecule has 1 atom stereocenters. The Bertz CT molecular complexity index is 364. The van der Waals surface area contributed by atoms with E-state index >= 15 is 0 Å². The lowest BCUT2D eigenvalue weighted by Gasteiger charge is -2.27. The maximum absolute atomic E-state index is 4.60. The number of rotatable bonds is 6. The van der Waals surface area contributed by atoms with Crippen LogP contribution in [-0.4, -0.2) is 16.3 Å². The van der Waals surface area contributed by atoms with E-state index in [9.17, 15) is 0 Å². The highest BCUT2D eigenvalue weighted by Crippen LogP contribution is 2.33. The van der Waals surface area contributed by atoms with Gasteiger partial charge in [-0.3, -0.25) is 4.68 Å². The van der Waals surface area contributed by atoms with Gasteiger partial charge in [0.25, 0.3) is 0 Å². The smallest absolute Gasteiger partial charge is 0.0537 e. The number of hydrogen-bond donors (Lipinski definition) is 1. The summed E-state index contributed by atoms with van der Waals surface area (Å²) < 4.78 is 2.21. The van der Waals surface area contributed by atoms with E-state index in [-0.39, 0.29) is 0 Å². The monoisotopic (exact) mass is 263 g/mol. The molecule has 1 saturated carbocycles. The van der Waals surface area contributed by atoms with Gasteiger partial charge in [0.2, 0.25) is 0 Å². The third-order valence-corrected chi connectivity index (χ3v) is 4.59. The zero-order valence-corrected chi connectivity index (χ0v) is 12.7. The highest BCUT2D eigenvalue weighted by molar-refractivity contribution is 5.09. The molecule has 1 N–H and O–H groups in total. The lowest BCUT2D eigenvalue weighted by atomic mass is 9.85. The van der Waals surface area contributed by atoms with Crippen LogP contribution in [0.25, 0.3) is 0 Å². The summed E-state index contributed by atoms with van der Waals surface area (Å²) in [5.74, 6) is 0.955. The second-order valence-electron chi connectivity index (χ2n) is 6.01. The Morgan fingerprint density at radius 3 is 2.68 bits per heavy atom. The summed E-state index contributed by atoms with van der Waals surface area (Å²) in [5, 5.41) is 8.12. The van der Waals surface area contributed by atoms with Crippen LogP contribution in [0.15, 0.2) is 12.4 Å². The molecule has 0 amide bonds. The summed E-state index contributed by atoms with van der Waals surface area (Å²) in [7, 11) is 0. The maximum atomic E-state index is 4.60. The fourth-order valence-electron chi connectivity index (χ4n) is 3.07. The Kier molecular flexibility index (Phi) is 5.44. The molecule has 1 heterocycles. The van der Waals surface area contributed by atoms with Gasteiger partial charge in [-0.15, -0.1) is 0 Å². The van der Waals surface area contributed by atoms with Gasteiger partial charge < -0.3 is 5.32 Å². The number of nitrogens with zero attached hydrogens (tertiary/aromatic N) is 2. The van der Waals surface area contributed by atoms with E-state index in [2.05, 4.69) is 42.1 Å². The average Bonchev–Trinajstić information content (AvgIpc) is 2.94. The van der Waals surface area contributed by atoms with Crippen molar-refractivity contribution in [2.24, 2.45) is 5.92 Å². The van der Waals surface area contributed by atoms with Gasteiger partial charge in [-0.2, -0.15) is 5.10 Å². The Hall–Kier alpha value is -0.830. The second-order valence-corrected chi connectivity index (χ2v) is 6.01. The largest absolute Gasteiger partial charge is 0.310 e. The molecule has 1 aliphatic carbocycles. The van der Waals surface area contributed by atoms with Gasteiger partial charge in [0.15, 0.2) is 0 Å². The molecule has 1 fully saturated rings. The van der Waals surface area contributed by atoms with Gasteiger partial charge in [-0.05, 0) is 51.5 Å². The molecule has 0 saturated heterocycles. The number of nitrogens with one attached hydrogen (secondary N) is 1. The molecule has 1 aromatic rings. The summed E-state index contributed by atoms with van der Waals surface area (Å²) in [5.41, 5.74) is 1.33. The molecular weight excluding hydrogens is 234 g/mol. The summed E-state index contributed by atoms with van der Waals surface area (Å²) in [6.07, 6.45) is 12.2. The average molecular weight is 263 g/mol. The predicted octanol–water partition coefficient (Wildman–Crippen LogP) is 4.09. The minimum Gasteiger partial charge on any atom is -0.310 e. The van der Waals surface area contributed by atoms with Crippen molar-refractivity contribution in [2.45, 2.75) is 71.4 Å². The first-order valence-corrected chi connectivity index (χ1v) is 8.02. The van der Waals surface area contributed by atoms with Gasteiger partial charge in [-0.1, -0.05) is 20.3 Å². The predicted molar refractivity (Wildman–Crippen MR) is 80.2 cm³/mol. The van der Waals surface area contributed by atoms with Crippen LogP contribution in [0.2, 0.25) is 0 Å². The van der Waals surface area contributed by atoms with Crippen molar-refractivity contribution in [2.75, 3.05) is 6.54 Å². The van der Waals surface area contributed by atoms with Gasteiger partial charge >= 0.3 is 0 Å². The number of hydrogen-bond acceptors (Lipinski definition) is 2. The SMILES string of the molecule is CCCNC(C)c1cnn(C2CCC(CC)CC2)c1. The molecule has 1 aromatic heterocycles. The van der Waals surface area contributed by atoms with Crippen LogP contribution in [0, 0.1) is 5.92 Å². The molecule has 1 aliphatic rings. The van der Waals surface area contributed by atoms with Crippen LogP contribution in [-0.2, 0) is 0 Å². The summed E-state index contributed by atoms with van der Waals surface area (Å²) in [6, 6.07) is 1.05. The molecule has 1 unspecified atom stereocenters. The van der Waals surface area contributed by atoms with Crippen molar-refractivity contribution in [3.63, 3.8) is 0 Å². The first-order chi connectivity index (χ1) is 9.24.